The van der Waals surface area contributed by atoms with E-state index in [1.807, 2.05) is 13.8 Å². The maximum Gasteiger partial charge on any atom is 0.295 e. The molecule has 5 nitrogen and oxygen atoms in total. The molecule has 0 aliphatic rings. The molecule has 16 heavy (non-hydrogen) atoms. The molecule has 0 heterocycles. The molecule has 0 aliphatic heterocycles. The summed E-state index contributed by atoms with van der Waals surface area (Å²) in [7, 11) is 0. The van der Waals surface area contributed by atoms with Gasteiger partial charge in [-0.15, -0.1) is 0 Å². The second-order valence-electron chi connectivity index (χ2n) is 3.78. The van der Waals surface area contributed by atoms with Crippen LogP contribution < -0.4 is 5.32 Å². The van der Waals surface area contributed by atoms with Crippen molar-refractivity contribution in [2.24, 2.45) is 0 Å². The minimum absolute atomic E-state index is 0.0294. The van der Waals surface area contributed by atoms with Crippen molar-refractivity contribution >= 4 is 17.3 Å². The Bertz CT molecular complexity index is 467. The molecule has 0 radical (unpaired) electrons. The summed E-state index contributed by atoms with van der Waals surface area (Å²) in [5, 5.41) is 13.4. The van der Waals surface area contributed by atoms with Crippen molar-refractivity contribution in [3.8, 4) is 0 Å². The van der Waals surface area contributed by atoms with Crippen LogP contribution in [0.15, 0.2) is 6.07 Å². The van der Waals surface area contributed by atoms with Crippen molar-refractivity contribution in [2.75, 3.05) is 5.32 Å². The number of benzene rings is 1. The lowest BCUT2D eigenvalue weighted by Crippen LogP contribution is -2.10. The van der Waals surface area contributed by atoms with Crippen LogP contribution in [0.4, 0.5) is 11.4 Å². The lowest BCUT2D eigenvalue weighted by Gasteiger charge is -2.10. The average Bonchev–Trinajstić information content (AvgIpc) is 2.12. The van der Waals surface area contributed by atoms with Crippen LogP contribution in [-0.2, 0) is 4.79 Å². The Morgan fingerprint density at radius 1 is 1.31 bits per heavy atom. The van der Waals surface area contributed by atoms with Crippen LogP contribution in [0.3, 0.4) is 0 Å². The minimum atomic E-state index is -0.465. The lowest BCUT2D eigenvalue weighted by molar-refractivity contribution is -0.384. The van der Waals surface area contributed by atoms with Crippen LogP contribution in [0.2, 0.25) is 0 Å². The van der Waals surface area contributed by atoms with E-state index in [2.05, 4.69) is 5.32 Å². The zero-order valence-corrected chi connectivity index (χ0v) is 9.75. The molecular formula is C11H14N2O3. The van der Waals surface area contributed by atoms with Crippen molar-refractivity contribution in [1.29, 1.82) is 0 Å². The van der Waals surface area contributed by atoms with E-state index in [-0.39, 0.29) is 17.3 Å². The first-order valence-electron chi connectivity index (χ1n) is 4.87. The van der Waals surface area contributed by atoms with Gasteiger partial charge >= 0.3 is 0 Å². The van der Waals surface area contributed by atoms with Gasteiger partial charge in [0.25, 0.3) is 5.69 Å². The van der Waals surface area contributed by atoms with Crippen LogP contribution in [0.25, 0.3) is 0 Å². The number of carbonyl (C=O) groups is 1. The Hall–Kier alpha value is -1.91. The monoisotopic (exact) mass is 222 g/mol. The fraction of sp³-hybridized carbons (Fsp3) is 0.364. The van der Waals surface area contributed by atoms with Gasteiger partial charge in [0.05, 0.1) is 4.92 Å². The summed E-state index contributed by atoms with van der Waals surface area (Å²) in [6.07, 6.45) is 0. The first-order chi connectivity index (χ1) is 7.34. The topological polar surface area (TPSA) is 72.2 Å². The fourth-order valence-corrected chi connectivity index (χ4v) is 1.59. The Balaban J connectivity index is 3.46. The number of nitrogens with zero attached hydrogens (tertiary/aromatic N) is 1. The van der Waals surface area contributed by atoms with Crippen molar-refractivity contribution in [3.05, 3.63) is 32.9 Å². The summed E-state index contributed by atoms with van der Waals surface area (Å²) in [6, 6.07) is 1.63. The molecule has 0 fully saturated rings. The maximum absolute atomic E-state index is 11.0. The number of carbonyl (C=O) groups excluding carboxylic acids is 1. The van der Waals surface area contributed by atoms with Gasteiger partial charge in [-0.3, -0.25) is 14.9 Å². The molecule has 0 aromatic heterocycles. The minimum Gasteiger partial charge on any atom is -0.321 e. The smallest absolute Gasteiger partial charge is 0.295 e. The van der Waals surface area contributed by atoms with E-state index in [9.17, 15) is 14.9 Å². The van der Waals surface area contributed by atoms with Gasteiger partial charge in [-0.2, -0.15) is 0 Å². The van der Waals surface area contributed by atoms with Gasteiger partial charge in [0.1, 0.15) is 5.69 Å². The molecule has 1 aromatic carbocycles. The van der Waals surface area contributed by atoms with E-state index in [1.165, 1.54) is 6.92 Å². The highest BCUT2D eigenvalue weighted by Crippen LogP contribution is 2.32. The van der Waals surface area contributed by atoms with Gasteiger partial charge < -0.3 is 5.32 Å². The van der Waals surface area contributed by atoms with Gasteiger partial charge in [-0.05, 0) is 38.0 Å². The molecule has 86 valence electrons. The molecule has 1 N–H and O–H groups in total. The molecule has 0 spiro atoms. The maximum atomic E-state index is 11.0. The lowest BCUT2D eigenvalue weighted by atomic mass is 10.0. The van der Waals surface area contributed by atoms with Crippen LogP contribution in [-0.4, -0.2) is 10.8 Å². The Labute approximate surface area is 93.6 Å². The predicted octanol–water partition coefficient (Wildman–Crippen LogP) is 2.48. The van der Waals surface area contributed by atoms with Crippen LogP contribution in [0.1, 0.15) is 23.6 Å². The summed E-state index contributed by atoms with van der Waals surface area (Å²) in [5.74, 6) is -0.314. The van der Waals surface area contributed by atoms with Crippen LogP contribution >= 0.6 is 0 Å². The second kappa shape index (κ2) is 4.30. The first kappa shape index (κ1) is 12.2. The van der Waals surface area contributed by atoms with E-state index < -0.39 is 4.92 Å². The molecule has 0 atom stereocenters. The van der Waals surface area contributed by atoms with E-state index in [1.54, 1.807) is 13.0 Å². The van der Waals surface area contributed by atoms with E-state index in [0.29, 0.717) is 5.56 Å². The van der Waals surface area contributed by atoms with Gasteiger partial charge in [-0.25, -0.2) is 0 Å². The zero-order chi connectivity index (χ0) is 12.5. The number of nitro benzene ring substituents is 1. The normalized spacial score (nSPS) is 10.0. The highest BCUT2D eigenvalue weighted by molar-refractivity contribution is 5.92. The molecule has 1 amide bonds. The number of rotatable bonds is 2. The van der Waals surface area contributed by atoms with E-state index >= 15 is 0 Å². The van der Waals surface area contributed by atoms with Gasteiger partial charge in [0, 0.05) is 12.5 Å². The Morgan fingerprint density at radius 2 is 1.88 bits per heavy atom. The molecule has 0 bridgehead atoms. The highest BCUT2D eigenvalue weighted by atomic mass is 16.6. The average molecular weight is 222 g/mol. The van der Waals surface area contributed by atoms with Crippen LogP contribution in [0, 0.1) is 30.9 Å². The van der Waals surface area contributed by atoms with E-state index in [4.69, 9.17) is 0 Å². The third-order valence-corrected chi connectivity index (χ3v) is 2.62. The molecule has 0 saturated heterocycles. The van der Waals surface area contributed by atoms with Crippen molar-refractivity contribution in [1.82, 2.24) is 0 Å². The number of hydrogen-bond donors (Lipinski definition) is 1. The summed E-state index contributed by atoms with van der Waals surface area (Å²) >= 11 is 0. The summed E-state index contributed by atoms with van der Waals surface area (Å²) in [5.41, 5.74) is 2.62. The van der Waals surface area contributed by atoms with Crippen molar-refractivity contribution in [3.63, 3.8) is 0 Å². The predicted molar refractivity (Wildman–Crippen MR) is 61.6 cm³/mol. The molecule has 1 rings (SSSR count). The first-order valence-corrected chi connectivity index (χ1v) is 4.87. The van der Waals surface area contributed by atoms with Crippen molar-refractivity contribution < 1.29 is 9.72 Å². The number of hydrogen-bond acceptors (Lipinski definition) is 3. The number of aryl methyl sites for hydroxylation is 1. The second-order valence-corrected chi connectivity index (χ2v) is 3.78. The molecule has 0 aliphatic carbocycles. The number of nitro groups is 1. The number of anilines is 1. The van der Waals surface area contributed by atoms with Gasteiger partial charge in [0.15, 0.2) is 0 Å². The molecule has 0 saturated carbocycles. The van der Waals surface area contributed by atoms with Gasteiger partial charge in [0.2, 0.25) is 5.91 Å². The highest BCUT2D eigenvalue weighted by Gasteiger charge is 2.21. The fourth-order valence-electron chi connectivity index (χ4n) is 1.59. The van der Waals surface area contributed by atoms with E-state index in [0.717, 1.165) is 11.1 Å². The molecule has 1 aromatic rings. The summed E-state index contributed by atoms with van der Waals surface area (Å²) in [4.78, 5) is 21.4. The standard InChI is InChI=1S/C11H14N2O3/c1-6-5-10(12-9(4)14)11(13(15)16)8(3)7(6)2/h5H,1-4H3,(H,12,14). The summed E-state index contributed by atoms with van der Waals surface area (Å²) in [6.45, 7) is 6.70. The van der Waals surface area contributed by atoms with Gasteiger partial charge in [-0.1, -0.05) is 0 Å². The molecular weight excluding hydrogens is 208 g/mol. The number of amides is 1. The van der Waals surface area contributed by atoms with Crippen LogP contribution in [0.5, 0.6) is 0 Å². The van der Waals surface area contributed by atoms with Crippen molar-refractivity contribution in [2.45, 2.75) is 27.7 Å². The molecule has 5 heteroatoms. The molecule has 0 unspecified atom stereocenters. The summed E-state index contributed by atoms with van der Waals surface area (Å²) < 4.78 is 0. The zero-order valence-electron chi connectivity index (χ0n) is 9.75. The SMILES string of the molecule is CC(=O)Nc1cc(C)c(C)c(C)c1[N+](=O)[O-]. The Morgan fingerprint density at radius 3 is 2.31 bits per heavy atom. The third-order valence-electron chi connectivity index (χ3n) is 2.62. The number of nitrogens with one attached hydrogen (secondary N) is 1. The largest absolute Gasteiger partial charge is 0.321 e. The third kappa shape index (κ3) is 2.18. The Kier molecular flexibility index (Phi) is 3.27. The quantitative estimate of drug-likeness (QED) is 0.617.